The zero-order valence-corrected chi connectivity index (χ0v) is 10.4. The molecule has 17 heavy (non-hydrogen) atoms. The molecule has 0 aromatic rings. The van der Waals surface area contributed by atoms with Crippen molar-refractivity contribution in [1.82, 2.24) is 10.2 Å². The topological polar surface area (TPSA) is 69.6 Å². The molecule has 1 saturated heterocycles. The van der Waals surface area contributed by atoms with Crippen LogP contribution in [0.4, 0.5) is 0 Å². The molecule has 1 heterocycles. The van der Waals surface area contributed by atoms with Gasteiger partial charge >= 0.3 is 5.97 Å². The highest BCUT2D eigenvalue weighted by molar-refractivity contribution is 5.76. The van der Waals surface area contributed by atoms with E-state index in [0.29, 0.717) is 25.3 Å². The summed E-state index contributed by atoms with van der Waals surface area (Å²) in [6, 6.07) is 0. The van der Waals surface area contributed by atoms with Gasteiger partial charge in [-0.3, -0.25) is 9.59 Å². The molecule has 2 N–H and O–H groups in total. The number of nitrogens with zero attached hydrogens (tertiary/aromatic N) is 1. The van der Waals surface area contributed by atoms with Gasteiger partial charge in [-0.05, 0) is 38.8 Å². The molecule has 1 aliphatic heterocycles. The monoisotopic (exact) mass is 242 g/mol. The van der Waals surface area contributed by atoms with Crippen LogP contribution in [0.15, 0.2) is 0 Å². The first kappa shape index (κ1) is 14.0. The Morgan fingerprint density at radius 2 is 2.24 bits per heavy atom. The van der Waals surface area contributed by atoms with Gasteiger partial charge in [0.25, 0.3) is 0 Å². The number of aliphatic carboxylic acids is 1. The Balaban J connectivity index is 2.09. The molecule has 1 amide bonds. The smallest absolute Gasteiger partial charge is 0.303 e. The first-order valence-corrected chi connectivity index (χ1v) is 6.25. The fourth-order valence-corrected chi connectivity index (χ4v) is 2.24. The Morgan fingerprint density at radius 3 is 2.88 bits per heavy atom. The van der Waals surface area contributed by atoms with Crippen LogP contribution in [0.2, 0.25) is 0 Å². The van der Waals surface area contributed by atoms with Gasteiger partial charge in [-0.2, -0.15) is 0 Å². The van der Waals surface area contributed by atoms with E-state index < -0.39 is 5.97 Å². The first-order chi connectivity index (χ1) is 8.08. The molecular weight excluding hydrogens is 220 g/mol. The highest BCUT2D eigenvalue weighted by Gasteiger charge is 2.19. The van der Waals surface area contributed by atoms with Crippen molar-refractivity contribution in [2.75, 3.05) is 26.7 Å². The number of carbonyl (C=O) groups is 2. The van der Waals surface area contributed by atoms with E-state index in [0.717, 1.165) is 25.9 Å². The second kappa shape index (κ2) is 7.27. The van der Waals surface area contributed by atoms with Crippen LogP contribution in [0.1, 0.15) is 32.1 Å². The molecule has 0 radical (unpaired) electrons. The molecule has 0 spiro atoms. The first-order valence-electron chi connectivity index (χ1n) is 6.25. The molecule has 1 aliphatic rings. The average Bonchev–Trinajstić information content (AvgIpc) is 2.24. The van der Waals surface area contributed by atoms with Gasteiger partial charge in [0.15, 0.2) is 0 Å². The lowest BCUT2D eigenvalue weighted by Crippen LogP contribution is -2.35. The Labute approximate surface area is 102 Å². The highest BCUT2D eigenvalue weighted by atomic mass is 16.4. The van der Waals surface area contributed by atoms with E-state index in [9.17, 15) is 9.59 Å². The van der Waals surface area contributed by atoms with Gasteiger partial charge in [0.2, 0.25) is 5.91 Å². The Morgan fingerprint density at radius 1 is 1.47 bits per heavy atom. The maximum absolute atomic E-state index is 11.6. The largest absolute Gasteiger partial charge is 0.481 e. The SMILES string of the molecule is CN1CCCC(CC(=O)NCCCC(=O)O)C1. The highest BCUT2D eigenvalue weighted by Crippen LogP contribution is 2.17. The average molecular weight is 242 g/mol. The summed E-state index contributed by atoms with van der Waals surface area (Å²) in [4.78, 5) is 24.1. The summed E-state index contributed by atoms with van der Waals surface area (Å²) >= 11 is 0. The molecule has 0 saturated carbocycles. The molecule has 1 fully saturated rings. The zero-order chi connectivity index (χ0) is 12.7. The number of amides is 1. The van der Waals surface area contributed by atoms with Crippen molar-refractivity contribution in [3.63, 3.8) is 0 Å². The van der Waals surface area contributed by atoms with Gasteiger partial charge in [0.05, 0.1) is 0 Å². The second-order valence-corrected chi connectivity index (χ2v) is 4.82. The number of piperidine rings is 1. The zero-order valence-electron chi connectivity index (χ0n) is 10.4. The van der Waals surface area contributed by atoms with E-state index in [1.54, 1.807) is 0 Å². The number of hydrogen-bond acceptors (Lipinski definition) is 3. The molecule has 0 aromatic heterocycles. The summed E-state index contributed by atoms with van der Waals surface area (Å²) in [7, 11) is 2.08. The number of carboxylic acid groups (broad SMARTS) is 1. The van der Waals surface area contributed by atoms with Crippen LogP contribution in [-0.2, 0) is 9.59 Å². The summed E-state index contributed by atoms with van der Waals surface area (Å²) in [6.45, 7) is 2.58. The Hall–Kier alpha value is -1.10. The predicted octanol–water partition coefficient (Wildman–Crippen LogP) is 0.699. The van der Waals surface area contributed by atoms with E-state index in [4.69, 9.17) is 5.11 Å². The molecule has 1 rings (SSSR count). The van der Waals surface area contributed by atoms with E-state index in [-0.39, 0.29) is 12.3 Å². The molecule has 1 unspecified atom stereocenters. The van der Waals surface area contributed by atoms with Crippen LogP contribution in [0.25, 0.3) is 0 Å². The minimum absolute atomic E-state index is 0.0516. The fraction of sp³-hybridized carbons (Fsp3) is 0.833. The quantitative estimate of drug-likeness (QED) is 0.673. The van der Waals surface area contributed by atoms with Crippen molar-refractivity contribution in [2.45, 2.75) is 32.1 Å². The van der Waals surface area contributed by atoms with E-state index >= 15 is 0 Å². The third-order valence-electron chi connectivity index (χ3n) is 3.09. The fourth-order valence-electron chi connectivity index (χ4n) is 2.24. The van der Waals surface area contributed by atoms with Crippen LogP contribution in [0, 0.1) is 5.92 Å². The van der Waals surface area contributed by atoms with Crippen LogP contribution in [0.5, 0.6) is 0 Å². The van der Waals surface area contributed by atoms with Crippen molar-refractivity contribution in [3.8, 4) is 0 Å². The molecule has 1 atom stereocenters. The van der Waals surface area contributed by atoms with Gasteiger partial charge in [0.1, 0.15) is 0 Å². The Kier molecular flexibility index (Phi) is 5.97. The van der Waals surface area contributed by atoms with Gasteiger partial charge in [0, 0.05) is 25.9 Å². The minimum Gasteiger partial charge on any atom is -0.481 e. The van der Waals surface area contributed by atoms with Crippen LogP contribution in [-0.4, -0.2) is 48.6 Å². The van der Waals surface area contributed by atoms with Crippen LogP contribution in [0.3, 0.4) is 0 Å². The number of likely N-dealkylation sites (tertiary alicyclic amines) is 1. The lowest BCUT2D eigenvalue weighted by atomic mass is 9.95. The molecule has 5 nitrogen and oxygen atoms in total. The number of hydrogen-bond donors (Lipinski definition) is 2. The number of rotatable bonds is 6. The Bertz CT molecular complexity index is 268. The van der Waals surface area contributed by atoms with E-state index in [1.807, 2.05) is 0 Å². The van der Waals surface area contributed by atoms with Crippen LogP contribution >= 0.6 is 0 Å². The molecular formula is C12H22N2O3. The summed E-state index contributed by atoms with van der Waals surface area (Å²) in [6.07, 6.45) is 3.47. The third kappa shape index (κ3) is 6.26. The van der Waals surface area contributed by atoms with Gasteiger partial charge in [-0.1, -0.05) is 0 Å². The molecule has 0 aromatic carbocycles. The van der Waals surface area contributed by atoms with Crippen molar-refractivity contribution < 1.29 is 14.7 Å². The lowest BCUT2D eigenvalue weighted by Gasteiger charge is -2.29. The third-order valence-corrected chi connectivity index (χ3v) is 3.09. The van der Waals surface area contributed by atoms with Gasteiger partial charge in [-0.25, -0.2) is 0 Å². The molecule has 98 valence electrons. The number of nitrogens with one attached hydrogen (secondary N) is 1. The number of carboxylic acids is 1. The van der Waals surface area contributed by atoms with Crippen molar-refractivity contribution in [1.29, 1.82) is 0 Å². The lowest BCUT2D eigenvalue weighted by molar-refractivity contribution is -0.137. The summed E-state index contributed by atoms with van der Waals surface area (Å²) < 4.78 is 0. The van der Waals surface area contributed by atoms with E-state index in [1.165, 1.54) is 0 Å². The second-order valence-electron chi connectivity index (χ2n) is 4.82. The van der Waals surface area contributed by atoms with Gasteiger partial charge < -0.3 is 15.3 Å². The normalized spacial score (nSPS) is 21.1. The molecule has 0 aliphatic carbocycles. The van der Waals surface area contributed by atoms with Crippen molar-refractivity contribution in [2.24, 2.45) is 5.92 Å². The molecule has 5 heteroatoms. The predicted molar refractivity (Wildman–Crippen MR) is 64.7 cm³/mol. The minimum atomic E-state index is -0.812. The van der Waals surface area contributed by atoms with Gasteiger partial charge in [-0.15, -0.1) is 0 Å². The number of carbonyl (C=O) groups excluding carboxylic acids is 1. The summed E-state index contributed by atoms with van der Waals surface area (Å²) in [5, 5.41) is 11.2. The van der Waals surface area contributed by atoms with Crippen molar-refractivity contribution in [3.05, 3.63) is 0 Å². The standard InChI is InChI=1S/C12H22N2O3/c1-14-7-3-4-10(9-14)8-11(15)13-6-2-5-12(16)17/h10H,2-9H2,1H3,(H,13,15)(H,16,17). The maximum atomic E-state index is 11.6. The van der Waals surface area contributed by atoms with Crippen LogP contribution < -0.4 is 5.32 Å². The molecule has 0 bridgehead atoms. The summed E-state index contributed by atoms with van der Waals surface area (Å²) in [5.74, 6) is -0.308. The summed E-state index contributed by atoms with van der Waals surface area (Å²) in [5.41, 5.74) is 0. The van der Waals surface area contributed by atoms with Crippen molar-refractivity contribution >= 4 is 11.9 Å². The van der Waals surface area contributed by atoms with E-state index in [2.05, 4.69) is 17.3 Å². The maximum Gasteiger partial charge on any atom is 0.303 e.